The molecule has 3 aromatic carbocycles. The van der Waals surface area contributed by atoms with Crippen LogP contribution >= 0.6 is 23.2 Å². The normalized spacial score (nSPS) is 16.1. The number of anilines is 1. The molecule has 4 rings (SSSR count). The Morgan fingerprint density at radius 2 is 1.62 bits per heavy atom. The van der Waals surface area contributed by atoms with Gasteiger partial charge in [0.15, 0.2) is 11.5 Å². The number of halogens is 2. The third-order valence-corrected chi connectivity index (χ3v) is 6.93. The average molecular weight is 586 g/mol. The first-order valence-electron chi connectivity index (χ1n) is 12.0. The maximum Gasteiger partial charge on any atom is 0.338 e. The molecule has 1 saturated heterocycles. The van der Waals surface area contributed by atoms with E-state index >= 15 is 0 Å². The zero-order valence-corrected chi connectivity index (χ0v) is 23.5. The minimum absolute atomic E-state index is 0.00981. The number of hydrogen-bond donors (Lipinski definition) is 1. The number of rotatable bonds is 8. The molecule has 0 aliphatic carbocycles. The predicted molar refractivity (Wildman–Crippen MR) is 150 cm³/mol. The molecule has 3 aromatic rings. The zero-order chi connectivity index (χ0) is 29.1. The number of carbonyl (C=O) groups is 3. The molecule has 208 valence electrons. The highest BCUT2D eigenvalue weighted by Crippen LogP contribution is 2.48. The van der Waals surface area contributed by atoms with E-state index in [0.29, 0.717) is 11.3 Å². The number of methoxy groups -OCH3 is 3. The van der Waals surface area contributed by atoms with Crippen LogP contribution in [-0.2, 0) is 14.3 Å². The molecule has 11 heteroatoms. The predicted octanol–water partition coefficient (Wildman–Crippen LogP) is 5.82. The molecule has 0 bridgehead atoms. The number of amides is 1. The monoisotopic (exact) mass is 585 g/mol. The number of aliphatic hydroxyl groups is 1. The summed E-state index contributed by atoms with van der Waals surface area (Å²) in [5.41, 5.74) is 0.644. The molecule has 0 spiro atoms. The molecule has 40 heavy (non-hydrogen) atoms. The highest BCUT2D eigenvalue weighted by molar-refractivity contribution is 6.52. The van der Waals surface area contributed by atoms with Crippen molar-refractivity contribution in [3.05, 3.63) is 86.9 Å². The quantitative estimate of drug-likeness (QED) is 0.152. The van der Waals surface area contributed by atoms with Gasteiger partial charge >= 0.3 is 5.97 Å². The second-order valence-electron chi connectivity index (χ2n) is 8.50. The van der Waals surface area contributed by atoms with Crippen LogP contribution in [-0.4, -0.2) is 50.7 Å². The molecule has 0 saturated carbocycles. The second kappa shape index (κ2) is 11.9. The van der Waals surface area contributed by atoms with Gasteiger partial charge in [-0.05, 0) is 48.9 Å². The lowest BCUT2D eigenvalue weighted by Crippen LogP contribution is -2.29. The van der Waals surface area contributed by atoms with E-state index < -0.39 is 29.5 Å². The molecule has 1 fully saturated rings. The van der Waals surface area contributed by atoms with Crippen molar-refractivity contribution in [1.29, 1.82) is 0 Å². The van der Waals surface area contributed by atoms with Crippen LogP contribution in [0.2, 0.25) is 10.0 Å². The van der Waals surface area contributed by atoms with Crippen molar-refractivity contribution in [2.45, 2.75) is 13.0 Å². The van der Waals surface area contributed by atoms with Gasteiger partial charge in [0.25, 0.3) is 11.7 Å². The maximum atomic E-state index is 13.6. The summed E-state index contributed by atoms with van der Waals surface area (Å²) in [6.45, 7) is 1.84. The van der Waals surface area contributed by atoms with Crippen molar-refractivity contribution >= 4 is 52.3 Å². The molecule has 0 aromatic heterocycles. The third kappa shape index (κ3) is 5.05. The van der Waals surface area contributed by atoms with Crippen molar-refractivity contribution in [2.75, 3.05) is 32.8 Å². The lowest BCUT2D eigenvalue weighted by molar-refractivity contribution is -0.132. The minimum atomic E-state index is -1.10. The summed E-state index contributed by atoms with van der Waals surface area (Å²) in [4.78, 5) is 40.7. The van der Waals surface area contributed by atoms with Gasteiger partial charge in [-0.15, -0.1) is 0 Å². The molecule has 1 atom stereocenters. The summed E-state index contributed by atoms with van der Waals surface area (Å²) in [6.07, 6.45) is 0. The number of benzene rings is 3. The highest BCUT2D eigenvalue weighted by atomic mass is 35.5. The largest absolute Gasteiger partial charge is 0.507 e. The second-order valence-corrected chi connectivity index (χ2v) is 9.28. The Kier molecular flexibility index (Phi) is 8.56. The third-order valence-electron chi connectivity index (χ3n) is 6.31. The first-order valence-corrected chi connectivity index (χ1v) is 12.8. The molecule has 9 nitrogen and oxygen atoms in total. The van der Waals surface area contributed by atoms with E-state index in [2.05, 4.69) is 0 Å². The highest BCUT2D eigenvalue weighted by Gasteiger charge is 2.47. The smallest absolute Gasteiger partial charge is 0.338 e. The zero-order valence-electron chi connectivity index (χ0n) is 22.0. The van der Waals surface area contributed by atoms with Crippen LogP contribution in [0.1, 0.15) is 34.5 Å². The van der Waals surface area contributed by atoms with E-state index in [0.717, 1.165) is 0 Å². The first kappa shape index (κ1) is 28.8. The van der Waals surface area contributed by atoms with Crippen molar-refractivity contribution in [2.24, 2.45) is 0 Å². The van der Waals surface area contributed by atoms with E-state index in [4.69, 9.17) is 42.1 Å². The molecule has 1 aliphatic heterocycles. The van der Waals surface area contributed by atoms with E-state index in [1.165, 1.54) is 44.4 Å². The SMILES string of the molecule is CCOC(=O)c1cccc(N2C(=O)C(=O)/C(=C(/O)c3cc(Cl)c(OC)c(Cl)c3OC)C2c2ccc(OC)cc2)c1. The van der Waals surface area contributed by atoms with Crippen LogP contribution in [0.5, 0.6) is 17.2 Å². The lowest BCUT2D eigenvalue weighted by Gasteiger charge is -2.26. The summed E-state index contributed by atoms with van der Waals surface area (Å²) in [6, 6.07) is 13.0. The Balaban J connectivity index is 1.98. The van der Waals surface area contributed by atoms with Crippen molar-refractivity contribution in [3.8, 4) is 17.2 Å². The standard InChI is InChI=1S/C29H25Cl2NO8/c1-5-40-29(36)16-7-6-8-17(13-16)32-23(15-9-11-18(37-2)12-10-15)21(25(34)28(32)35)24(33)19-14-20(30)27(39-4)22(31)26(19)38-3/h6-14,23,33H,5H2,1-4H3/b24-21+. The molecule has 1 unspecified atom stereocenters. The Hall–Kier alpha value is -4.21. The molecule has 0 radical (unpaired) electrons. The molecule has 1 aliphatic rings. The maximum absolute atomic E-state index is 13.6. The van der Waals surface area contributed by atoms with E-state index in [-0.39, 0.29) is 50.5 Å². The molecule has 1 heterocycles. The number of ether oxygens (including phenoxy) is 4. The lowest BCUT2D eigenvalue weighted by atomic mass is 9.94. The Labute approximate surface area is 240 Å². The fraction of sp³-hybridized carbons (Fsp3) is 0.207. The Morgan fingerprint density at radius 1 is 0.950 bits per heavy atom. The Morgan fingerprint density at radius 3 is 2.23 bits per heavy atom. The van der Waals surface area contributed by atoms with Crippen LogP contribution in [0.15, 0.2) is 60.2 Å². The summed E-state index contributed by atoms with van der Waals surface area (Å²) in [5.74, 6) is -2.40. The number of nitrogens with zero attached hydrogens (tertiary/aromatic N) is 1. The molecule has 1 N–H and O–H groups in total. The fourth-order valence-corrected chi connectivity index (χ4v) is 5.18. The van der Waals surface area contributed by atoms with Gasteiger partial charge in [-0.2, -0.15) is 0 Å². The number of hydrogen-bond acceptors (Lipinski definition) is 8. The van der Waals surface area contributed by atoms with Gasteiger partial charge in [-0.25, -0.2) is 4.79 Å². The number of aliphatic hydroxyl groups excluding tert-OH is 1. The summed E-state index contributed by atoms with van der Waals surface area (Å²) >= 11 is 12.8. The van der Waals surface area contributed by atoms with Crippen molar-refractivity contribution < 1.29 is 38.4 Å². The van der Waals surface area contributed by atoms with Crippen LogP contribution < -0.4 is 19.1 Å². The van der Waals surface area contributed by atoms with Crippen LogP contribution in [0.3, 0.4) is 0 Å². The number of Topliss-reactive ketones (excluding diaryl/α,β-unsaturated/α-hetero) is 1. The number of esters is 1. The van der Waals surface area contributed by atoms with Crippen molar-refractivity contribution in [3.63, 3.8) is 0 Å². The summed E-state index contributed by atoms with van der Waals surface area (Å²) in [7, 11) is 4.20. The van der Waals surface area contributed by atoms with Gasteiger partial charge < -0.3 is 24.1 Å². The molecule has 1 amide bonds. The van der Waals surface area contributed by atoms with Gasteiger partial charge in [0.2, 0.25) is 0 Å². The fourth-order valence-electron chi connectivity index (χ4n) is 4.49. The minimum Gasteiger partial charge on any atom is -0.507 e. The molecular formula is C29H25Cl2NO8. The van der Waals surface area contributed by atoms with Gasteiger partial charge in [0.05, 0.1) is 55.7 Å². The van der Waals surface area contributed by atoms with E-state index in [9.17, 15) is 19.5 Å². The van der Waals surface area contributed by atoms with Crippen LogP contribution in [0.4, 0.5) is 5.69 Å². The number of ketones is 1. The first-order chi connectivity index (χ1) is 19.2. The van der Waals surface area contributed by atoms with Crippen molar-refractivity contribution in [1.82, 2.24) is 0 Å². The average Bonchev–Trinajstić information content (AvgIpc) is 3.22. The van der Waals surface area contributed by atoms with Gasteiger partial charge in [-0.1, -0.05) is 41.4 Å². The van der Waals surface area contributed by atoms with Crippen LogP contribution in [0, 0.1) is 0 Å². The summed E-state index contributed by atoms with van der Waals surface area (Å²) < 4.78 is 21.0. The topological polar surface area (TPSA) is 112 Å². The van der Waals surface area contributed by atoms with Gasteiger partial charge in [0, 0.05) is 5.69 Å². The molecular weight excluding hydrogens is 561 g/mol. The van der Waals surface area contributed by atoms with E-state index in [1.54, 1.807) is 43.3 Å². The van der Waals surface area contributed by atoms with Gasteiger partial charge in [-0.3, -0.25) is 14.5 Å². The number of carbonyl (C=O) groups excluding carboxylic acids is 3. The van der Waals surface area contributed by atoms with Gasteiger partial charge in [0.1, 0.15) is 16.5 Å². The Bertz CT molecular complexity index is 1520. The summed E-state index contributed by atoms with van der Waals surface area (Å²) in [5, 5.41) is 11.6. The van der Waals surface area contributed by atoms with E-state index in [1.807, 2.05) is 0 Å². The van der Waals surface area contributed by atoms with Crippen LogP contribution in [0.25, 0.3) is 5.76 Å².